The molecule has 0 saturated heterocycles. The van der Waals surface area contributed by atoms with Crippen LogP contribution in [0.3, 0.4) is 0 Å². The molecule has 2 N–H and O–H groups in total. The molecule has 2 rings (SSSR count). The van der Waals surface area contributed by atoms with E-state index < -0.39 is 6.10 Å². The summed E-state index contributed by atoms with van der Waals surface area (Å²) in [6.07, 6.45) is -0.666. The lowest BCUT2D eigenvalue weighted by Gasteiger charge is -2.20. The maximum absolute atomic E-state index is 9.87. The SMILES string of the molecule is CC(O)c1ccc(N(C)c2ccccc2)cc1O. The predicted octanol–water partition coefficient (Wildman–Crippen LogP) is 3.21. The third-order valence-corrected chi connectivity index (χ3v) is 2.99. The van der Waals surface area contributed by atoms with E-state index in [9.17, 15) is 10.2 Å². The first-order chi connectivity index (χ1) is 8.59. The van der Waals surface area contributed by atoms with E-state index in [1.165, 1.54) is 0 Å². The summed E-state index contributed by atoms with van der Waals surface area (Å²) in [5, 5.41) is 19.3. The molecule has 0 heterocycles. The van der Waals surface area contributed by atoms with Crippen LogP contribution in [0.2, 0.25) is 0 Å². The Morgan fingerprint density at radius 1 is 1.00 bits per heavy atom. The quantitative estimate of drug-likeness (QED) is 0.870. The molecule has 2 aromatic rings. The molecule has 0 aliphatic rings. The summed E-state index contributed by atoms with van der Waals surface area (Å²) in [5.74, 6) is 0.116. The van der Waals surface area contributed by atoms with Crippen molar-refractivity contribution in [2.75, 3.05) is 11.9 Å². The van der Waals surface area contributed by atoms with Crippen molar-refractivity contribution < 1.29 is 10.2 Å². The standard InChI is InChI=1S/C15H17NO2/c1-11(17)14-9-8-13(10-15(14)18)16(2)12-6-4-3-5-7-12/h3-11,17-18H,1-2H3. The molecule has 0 aliphatic heterocycles. The van der Waals surface area contributed by atoms with E-state index in [1.54, 1.807) is 19.1 Å². The second kappa shape index (κ2) is 5.10. The second-order valence-corrected chi connectivity index (χ2v) is 4.31. The largest absolute Gasteiger partial charge is 0.507 e. The summed E-state index contributed by atoms with van der Waals surface area (Å²) >= 11 is 0. The first kappa shape index (κ1) is 12.5. The molecule has 0 aliphatic carbocycles. The van der Waals surface area contributed by atoms with Gasteiger partial charge in [0.15, 0.2) is 0 Å². The van der Waals surface area contributed by atoms with Gasteiger partial charge in [-0.25, -0.2) is 0 Å². The van der Waals surface area contributed by atoms with Crippen LogP contribution in [0.5, 0.6) is 5.75 Å². The Hall–Kier alpha value is -2.00. The smallest absolute Gasteiger partial charge is 0.123 e. The van der Waals surface area contributed by atoms with Gasteiger partial charge in [-0.3, -0.25) is 0 Å². The number of benzene rings is 2. The van der Waals surface area contributed by atoms with Gasteiger partial charge in [0, 0.05) is 30.1 Å². The Morgan fingerprint density at radius 2 is 1.67 bits per heavy atom. The zero-order chi connectivity index (χ0) is 13.1. The van der Waals surface area contributed by atoms with Crippen molar-refractivity contribution >= 4 is 11.4 Å². The van der Waals surface area contributed by atoms with Gasteiger partial charge in [-0.15, -0.1) is 0 Å². The molecule has 0 saturated carbocycles. The molecule has 1 unspecified atom stereocenters. The van der Waals surface area contributed by atoms with Crippen LogP contribution in [-0.4, -0.2) is 17.3 Å². The van der Waals surface area contributed by atoms with E-state index in [1.807, 2.05) is 48.3 Å². The van der Waals surface area contributed by atoms with Gasteiger partial charge in [0.2, 0.25) is 0 Å². The lowest BCUT2D eigenvalue weighted by molar-refractivity contribution is 0.195. The van der Waals surface area contributed by atoms with Gasteiger partial charge in [-0.2, -0.15) is 0 Å². The van der Waals surface area contributed by atoms with E-state index in [2.05, 4.69) is 0 Å². The second-order valence-electron chi connectivity index (χ2n) is 4.31. The maximum Gasteiger partial charge on any atom is 0.123 e. The van der Waals surface area contributed by atoms with Crippen molar-refractivity contribution in [3.8, 4) is 5.75 Å². The zero-order valence-corrected chi connectivity index (χ0v) is 10.5. The molecular weight excluding hydrogens is 226 g/mol. The Morgan fingerprint density at radius 3 is 2.22 bits per heavy atom. The van der Waals surface area contributed by atoms with Crippen molar-refractivity contribution in [2.24, 2.45) is 0 Å². The van der Waals surface area contributed by atoms with E-state index in [0.29, 0.717) is 5.56 Å². The number of phenolic OH excluding ortho intramolecular Hbond substituents is 1. The average molecular weight is 243 g/mol. The minimum absolute atomic E-state index is 0.116. The van der Waals surface area contributed by atoms with Crippen molar-refractivity contribution in [3.63, 3.8) is 0 Å². The number of hydrogen-bond donors (Lipinski definition) is 2. The van der Waals surface area contributed by atoms with Crippen LogP contribution in [-0.2, 0) is 0 Å². The van der Waals surface area contributed by atoms with Crippen molar-refractivity contribution in [2.45, 2.75) is 13.0 Å². The van der Waals surface area contributed by atoms with Gasteiger partial charge in [0.25, 0.3) is 0 Å². The Balaban J connectivity index is 2.32. The van der Waals surface area contributed by atoms with Crippen LogP contribution in [0.1, 0.15) is 18.6 Å². The molecule has 18 heavy (non-hydrogen) atoms. The van der Waals surface area contributed by atoms with Crippen LogP contribution in [0.4, 0.5) is 11.4 Å². The monoisotopic (exact) mass is 243 g/mol. The lowest BCUT2D eigenvalue weighted by atomic mass is 10.1. The third-order valence-electron chi connectivity index (χ3n) is 2.99. The van der Waals surface area contributed by atoms with Crippen LogP contribution in [0, 0.1) is 0 Å². The number of hydrogen-bond acceptors (Lipinski definition) is 3. The number of nitrogens with zero attached hydrogens (tertiary/aromatic N) is 1. The molecule has 3 nitrogen and oxygen atoms in total. The van der Waals surface area contributed by atoms with Crippen LogP contribution in [0.15, 0.2) is 48.5 Å². The van der Waals surface area contributed by atoms with Crippen molar-refractivity contribution in [3.05, 3.63) is 54.1 Å². The summed E-state index contributed by atoms with van der Waals surface area (Å²) in [4.78, 5) is 1.98. The number of para-hydroxylation sites is 1. The van der Waals surface area contributed by atoms with E-state index in [4.69, 9.17) is 0 Å². The third kappa shape index (κ3) is 2.46. The van der Waals surface area contributed by atoms with Gasteiger partial charge in [-0.05, 0) is 25.1 Å². The van der Waals surface area contributed by atoms with Crippen LogP contribution >= 0.6 is 0 Å². The van der Waals surface area contributed by atoms with Gasteiger partial charge >= 0.3 is 0 Å². The highest BCUT2D eigenvalue weighted by Gasteiger charge is 2.10. The van der Waals surface area contributed by atoms with Gasteiger partial charge < -0.3 is 15.1 Å². The van der Waals surface area contributed by atoms with E-state index >= 15 is 0 Å². The topological polar surface area (TPSA) is 43.7 Å². The van der Waals surface area contributed by atoms with Gasteiger partial charge in [-0.1, -0.05) is 24.3 Å². The molecule has 0 fully saturated rings. The first-order valence-electron chi connectivity index (χ1n) is 5.89. The number of aliphatic hydroxyl groups is 1. The van der Waals surface area contributed by atoms with Gasteiger partial charge in [0.1, 0.15) is 5.75 Å². The Kier molecular flexibility index (Phi) is 3.53. The highest BCUT2D eigenvalue weighted by molar-refractivity contribution is 5.64. The van der Waals surface area contributed by atoms with E-state index in [-0.39, 0.29) is 5.75 Å². The summed E-state index contributed by atoms with van der Waals surface area (Å²) in [6.45, 7) is 1.63. The molecule has 0 amide bonds. The molecule has 0 spiro atoms. The summed E-state index contributed by atoms with van der Waals surface area (Å²) < 4.78 is 0. The fourth-order valence-corrected chi connectivity index (χ4v) is 1.89. The number of aromatic hydroxyl groups is 1. The number of rotatable bonds is 3. The highest BCUT2D eigenvalue weighted by atomic mass is 16.3. The molecule has 0 aromatic heterocycles. The van der Waals surface area contributed by atoms with Crippen molar-refractivity contribution in [1.82, 2.24) is 0 Å². The lowest BCUT2D eigenvalue weighted by Crippen LogP contribution is -2.09. The molecule has 3 heteroatoms. The molecule has 2 aromatic carbocycles. The number of anilines is 2. The average Bonchev–Trinajstić information content (AvgIpc) is 2.38. The Bertz CT molecular complexity index is 523. The zero-order valence-electron chi connectivity index (χ0n) is 10.5. The number of aliphatic hydroxyl groups excluding tert-OH is 1. The van der Waals surface area contributed by atoms with Gasteiger partial charge in [0.05, 0.1) is 6.10 Å². The number of phenols is 1. The molecule has 0 radical (unpaired) electrons. The van der Waals surface area contributed by atoms with Crippen molar-refractivity contribution in [1.29, 1.82) is 0 Å². The summed E-state index contributed by atoms with van der Waals surface area (Å²) in [6, 6.07) is 15.2. The first-order valence-corrected chi connectivity index (χ1v) is 5.89. The summed E-state index contributed by atoms with van der Waals surface area (Å²) in [7, 11) is 1.94. The van der Waals surface area contributed by atoms with Crippen LogP contribution in [0.25, 0.3) is 0 Å². The molecule has 94 valence electrons. The maximum atomic E-state index is 9.87. The van der Waals surface area contributed by atoms with E-state index in [0.717, 1.165) is 11.4 Å². The Labute approximate surface area is 107 Å². The fourth-order valence-electron chi connectivity index (χ4n) is 1.89. The normalized spacial score (nSPS) is 12.2. The highest BCUT2D eigenvalue weighted by Crippen LogP contribution is 2.31. The molecular formula is C15H17NO2. The fraction of sp³-hybridized carbons (Fsp3) is 0.200. The predicted molar refractivity (Wildman–Crippen MR) is 73.2 cm³/mol. The minimum Gasteiger partial charge on any atom is -0.507 e. The summed E-state index contributed by atoms with van der Waals surface area (Å²) in [5.41, 5.74) is 2.46. The molecule has 0 bridgehead atoms. The van der Waals surface area contributed by atoms with Crippen LogP contribution < -0.4 is 4.90 Å². The molecule has 1 atom stereocenters. The minimum atomic E-state index is -0.666.